The zero-order chi connectivity index (χ0) is 10.1. The number of aromatic amines is 1. The van der Waals surface area contributed by atoms with Gasteiger partial charge >= 0.3 is 5.97 Å². The first-order valence-corrected chi connectivity index (χ1v) is 4.46. The lowest BCUT2D eigenvalue weighted by molar-refractivity contribution is -0.136. The third-order valence-corrected chi connectivity index (χ3v) is 2.27. The zero-order valence-electron chi connectivity index (χ0n) is 7.49. The van der Waals surface area contributed by atoms with Gasteiger partial charge in [0.25, 0.3) is 5.56 Å². The minimum Gasteiger partial charge on any atom is -0.481 e. The Morgan fingerprint density at radius 2 is 2.36 bits per heavy atom. The van der Waals surface area contributed by atoms with Crippen molar-refractivity contribution in [2.75, 3.05) is 0 Å². The molecule has 1 aromatic heterocycles. The molecule has 5 heteroatoms. The lowest BCUT2D eigenvalue weighted by atomic mass is 10.1. The summed E-state index contributed by atoms with van der Waals surface area (Å²) in [5.41, 5.74) is 0.642. The number of hydrogen-bond donors (Lipinski definition) is 2. The number of nitrogens with zero attached hydrogens (tertiary/aromatic N) is 1. The second-order valence-electron chi connectivity index (χ2n) is 3.44. The van der Waals surface area contributed by atoms with Crippen LogP contribution in [0.2, 0.25) is 0 Å². The second-order valence-corrected chi connectivity index (χ2v) is 3.44. The van der Waals surface area contributed by atoms with E-state index in [1.165, 1.54) is 6.33 Å². The van der Waals surface area contributed by atoms with Crippen molar-refractivity contribution in [1.29, 1.82) is 0 Å². The van der Waals surface area contributed by atoms with Crippen molar-refractivity contribution in [3.63, 3.8) is 0 Å². The van der Waals surface area contributed by atoms with Gasteiger partial charge in [0.05, 0.1) is 24.0 Å². The molecule has 0 atom stereocenters. The Morgan fingerprint density at radius 1 is 1.64 bits per heavy atom. The Hall–Kier alpha value is -1.65. The van der Waals surface area contributed by atoms with Crippen LogP contribution in [-0.4, -0.2) is 21.0 Å². The van der Waals surface area contributed by atoms with Crippen LogP contribution in [0.25, 0.3) is 0 Å². The number of carboxylic acids is 1. The molecule has 2 N–H and O–H groups in total. The van der Waals surface area contributed by atoms with E-state index >= 15 is 0 Å². The topological polar surface area (TPSA) is 83.0 Å². The van der Waals surface area contributed by atoms with Gasteiger partial charge in [0.2, 0.25) is 0 Å². The maximum absolute atomic E-state index is 11.3. The van der Waals surface area contributed by atoms with Gasteiger partial charge < -0.3 is 10.1 Å². The maximum Gasteiger partial charge on any atom is 0.308 e. The van der Waals surface area contributed by atoms with Gasteiger partial charge in [0.15, 0.2) is 0 Å². The molecule has 0 radical (unpaired) electrons. The fourth-order valence-electron chi connectivity index (χ4n) is 1.47. The van der Waals surface area contributed by atoms with E-state index in [9.17, 15) is 9.59 Å². The first-order chi connectivity index (χ1) is 6.68. The number of carbonyl (C=O) groups is 1. The normalized spacial score (nSPS) is 15.4. The van der Waals surface area contributed by atoms with Crippen molar-refractivity contribution in [2.45, 2.75) is 25.2 Å². The molecule has 1 saturated carbocycles. The van der Waals surface area contributed by atoms with Gasteiger partial charge in [-0.1, -0.05) is 0 Å². The largest absolute Gasteiger partial charge is 0.481 e. The van der Waals surface area contributed by atoms with Crippen molar-refractivity contribution in [3.8, 4) is 0 Å². The molecular weight excluding hydrogens is 184 g/mol. The lowest BCUT2D eigenvalue weighted by Crippen LogP contribution is -2.19. The van der Waals surface area contributed by atoms with E-state index in [2.05, 4.69) is 9.97 Å². The SMILES string of the molecule is O=C(O)Cc1c(C2CC2)nc[nH]c1=O. The summed E-state index contributed by atoms with van der Waals surface area (Å²) in [4.78, 5) is 28.3. The molecular formula is C9H10N2O3. The number of nitrogens with one attached hydrogen (secondary N) is 1. The molecule has 0 aromatic carbocycles. The molecule has 0 spiro atoms. The molecule has 2 rings (SSSR count). The monoisotopic (exact) mass is 194 g/mol. The number of aromatic nitrogens is 2. The number of rotatable bonds is 3. The highest BCUT2D eigenvalue weighted by Gasteiger charge is 2.29. The Balaban J connectivity index is 2.42. The Morgan fingerprint density at radius 3 is 2.93 bits per heavy atom. The molecule has 0 saturated heterocycles. The fraction of sp³-hybridized carbons (Fsp3) is 0.444. The minimum atomic E-state index is -0.995. The molecule has 1 heterocycles. The molecule has 74 valence electrons. The number of carboxylic acid groups (broad SMARTS) is 1. The second kappa shape index (κ2) is 3.25. The predicted octanol–water partition coefficient (Wildman–Crippen LogP) is 0.274. The maximum atomic E-state index is 11.3. The summed E-state index contributed by atoms with van der Waals surface area (Å²) in [6.07, 6.45) is 3.10. The molecule has 14 heavy (non-hydrogen) atoms. The summed E-state index contributed by atoms with van der Waals surface area (Å²) in [5.74, 6) is -0.697. The van der Waals surface area contributed by atoms with Crippen LogP contribution in [-0.2, 0) is 11.2 Å². The van der Waals surface area contributed by atoms with E-state index in [4.69, 9.17) is 5.11 Å². The highest BCUT2D eigenvalue weighted by atomic mass is 16.4. The molecule has 5 nitrogen and oxygen atoms in total. The van der Waals surface area contributed by atoms with Crippen molar-refractivity contribution in [2.24, 2.45) is 0 Å². The van der Waals surface area contributed by atoms with E-state index in [0.29, 0.717) is 17.2 Å². The number of hydrogen-bond acceptors (Lipinski definition) is 3. The van der Waals surface area contributed by atoms with Crippen LogP contribution in [0.15, 0.2) is 11.1 Å². The predicted molar refractivity (Wildman–Crippen MR) is 48.2 cm³/mol. The highest BCUT2D eigenvalue weighted by Crippen LogP contribution is 2.39. The Labute approximate surface area is 79.8 Å². The van der Waals surface area contributed by atoms with E-state index in [0.717, 1.165) is 12.8 Å². The quantitative estimate of drug-likeness (QED) is 0.723. The van der Waals surface area contributed by atoms with Crippen LogP contribution in [0.1, 0.15) is 30.0 Å². The van der Waals surface area contributed by atoms with Crippen molar-refractivity contribution in [1.82, 2.24) is 9.97 Å². The molecule has 1 aromatic rings. The Kier molecular flexibility index (Phi) is 2.07. The van der Waals surface area contributed by atoms with Crippen LogP contribution in [0.5, 0.6) is 0 Å². The summed E-state index contributed by atoms with van der Waals surface area (Å²) in [6, 6.07) is 0. The molecule has 0 bridgehead atoms. The Bertz CT molecular complexity index is 420. The molecule has 1 fully saturated rings. The van der Waals surface area contributed by atoms with Gasteiger partial charge in [-0.25, -0.2) is 4.98 Å². The van der Waals surface area contributed by atoms with Crippen molar-refractivity contribution >= 4 is 5.97 Å². The summed E-state index contributed by atoms with van der Waals surface area (Å²) < 4.78 is 0. The number of H-pyrrole nitrogens is 1. The third-order valence-electron chi connectivity index (χ3n) is 2.27. The van der Waals surface area contributed by atoms with Gasteiger partial charge in [-0.3, -0.25) is 9.59 Å². The van der Waals surface area contributed by atoms with Crippen LogP contribution < -0.4 is 5.56 Å². The summed E-state index contributed by atoms with van der Waals surface area (Å²) in [5, 5.41) is 8.64. The molecule has 1 aliphatic carbocycles. The van der Waals surface area contributed by atoms with Gasteiger partial charge in [-0.2, -0.15) is 0 Å². The van der Waals surface area contributed by atoms with Gasteiger partial charge in [0.1, 0.15) is 0 Å². The van der Waals surface area contributed by atoms with E-state index in [-0.39, 0.29) is 12.0 Å². The van der Waals surface area contributed by atoms with Gasteiger partial charge in [-0.05, 0) is 12.8 Å². The van der Waals surface area contributed by atoms with E-state index in [1.807, 2.05) is 0 Å². The highest BCUT2D eigenvalue weighted by molar-refractivity contribution is 5.70. The van der Waals surface area contributed by atoms with Crippen molar-refractivity contribution in [3.05, 3.63) is 27.9 Å². The van der Waals surface area contributed by atoms with E-state index < -0.39 is 5.97 Å². The van der Waals surface area contributed by atoms with E-state index in [1.54, 1.807) is 0 Å². The van der Waals surface area contributed by atoms with Crippen LogP contribution in [0.3, 0.4) is 0 Å². The average molecular weight is 194 g/mol. The van der Waals surface area contributed by atoms with Crippen LogP contribution in [0, 0.1) is 0 Å². The lowest BCUT2D eigenvalue weighted by Gasteiger charge is -2.02. The first-order valence-electron chi connectivity index (χ1n) is 4.46. The summed E-state index contributed by atoms with van der Waals surface area (Å²) >= 11 is 0. The van der Waals surface area contributed by atoms with Crippen molar-refractivity contribution < 1.29 is 9.90 Å². The first kappa shape index (κ1) is 8.93. The summed E-state index contributed by atoms with van der Waals surface area (Å²) in [6.45, 7) is 0. The molecule has 0 amide bonds. The minimum absolute atomic E-state index is 0.241. The van der Waals surface area contributed by atoms with Gasteiger partial charge in [0, 0.05) is 5.92 Å². The molecule has 0 aliphatic heterocycles. The summed E-state index contributed by atoms with van der Waals surface area (Å²) in [7, 11) is 0. The van der Waals surface area contributed by atoms with Crippen LogP contribution in [0.4, 0.5) is 0 Å². The standard InChI is InChI=1S/C9H10N2O3/c12-7(13)3-6-8(5-1-2-5)10-4-11-9(6)14/h4-5H,1-3H2,(H,12,13)(H,10,11,14). The van der Waals surface area contributed by atoms with Gasteiger partial charge in [-0.15, -0.1) is 0 Å². The van der Waals surface area contributed by atoms with Crippen LogP contribution >= 0.6 is 0 Å². The zero-order valence-corrected chi connectivity index (χ0v) is 7.49. The molecule has 1 aliphatic rings. The fourth-order valence-corrected chi connectivity index (χ4v) is 1.47. The molecule has 0 unspecified atom stereocenters. The average Bonchev–Trinajstić information content (AvgIpc) is 2.90. The third kappa shape index (κ3) is 1.66. The smallest absolute Gasteiger partial charge is 0.308 e. The number of aliphatic carboxylic acids is 1.